The van der Waals surface area contributed by atoms with Crippen LogP contribution in [0.2, 0.25) is 0 Å². The van der Waals surface area contributed by atoms with E-state index < -0.39 is 37.1 Å². The molecule has 0 spiro atoms. The zero-order valence-corrected chi connectivity index (χ0v) is 19.4. The van der Waals surface area contributed by atoms with Gasteiger partial charge in [0.25, 0.3) is 0 Å². The van der Waals surface area contributed by atoms with Gasteiger partial charge in [0.15, 0.2) is 5.13 Å². The molecule has 1 saturated heterocycles. The van der Waals surface area contributed by atoms with Crippen molar-refractivity contribution in [2.75, 3.05) is 18.5 Å². The normalized spacial score (nSPS) is 24.9. The number of benzene rings is 1. The maximum absolute atomic E-state index is 13.3. The second kappa shape index (κ2) is 9.90. The standard InChI is InChI=1S/C23H26FN3O6S/c1-11-7-15(12(2)27(11)14-5-3-13(24)4-6-14)19(29)18-9-26-23(34-18)25-8-16-20(30)22(32)21(31)17(10-28)33-16/h3-7,9,16-17,20-22,28,30-32H,8,10H2,1-2H3,(H,25,26)/t16-,17?,20?,21-,22?/m1/s1. The number of aryl methyl sites for hydroxylation is 1. The molecule has 5 N–H and O–H groups in total. The number of nitrogens with zero attached hydrogens (tertiary/aromatic N) is 2. The summed E-state index contributed by atoms with van der Waals surface area (Å²) in [6.45, 7) is 3.23. The van der Waals surface area contributed by atoms with Crippen molar-refractivity contribution < 1.29 is 34.3 Å². The lowest BCUT2D eigenvalue weighted by atomic mass is 9.95. The van der Waals surface area contributed by atoms with Crippen LogP contribution in [0.25, 0.3) is 5.69 Å². The van der Waals surface area contributed by atoms with Crippen molar-refractivity contribution in [1.29, 1.82) is 0 Å². The molecule has 11 heteroatoms. The highest BCUT2D eigenvalue weighted by Crippen LogP contribution is 2.27. The molecule has 0 amide bonds. The van der Waals surface area contributed by atoms with E-state index >= 15 is 0 Å². The molecule has 0 aliphatic carbocycles. The van der Waals surface area contributed by atoms with Gasteiger partial charge in [-0.3, -0.25) is 4.79 Å². The number of hydrogen-bond acceptors (Lipinski definition) is 9. The van der Waals surface area contributed by atoms with E-state index in [1.807, 2.05) is 18.4 Å². The molecule has 5 atom stereocenters. The Kier molecular flexibility index (Phi) is 7.12. The molecule has 182 valence electrons. The number of carbonyl (C=O) groups excluding carboxylic acids is 1. The third-order valence-electron chi connectivity index (χ3n) is 5.94. The molecule has 1 fully saturated rings. The van der Waals surface area contributed by atoms with E-state index in [9.17, 15) is 29.6 Å². The van der Waals surface area contributed by atoms with E-state index in [2.05, 4.69) is 10.3 Å². The van der Waals surface area contributed by atoms with Crippen LogP contribution in [0.1, 0.15) is 26.6 Å². The van der Waals surface area contributed by atoms with Gasteiger partial charge in [-0.2, -0.15) is 0 Å². The first kappa shape index (κ1) is 24.5. The number of anilines is 1. The highest BCUT2D eigenvalue weighted by Gasteiger charge is 2.43. The first-order valence-corrected chi connectivity index (χ1v) is 11.5. The smallest absolute Gasteiger partial charge is 0.206 e. The van der Waals surface area contributed by atoms with E-state index in [4.69, 9.17) is 4.74 Å². The van der Waals surface area contributed by atoms with Crippen molar-refractivity contribution >= 4 is 22.3 Å². The number of thiazole rings is 1. The Morgan fingerprint density at radius 3 is 2.50 bits per heavy atom. The van der Waals surface area contributed by atoms with Gasteiger partial charge in [0.1, 0.15) is 36.3 Å². The molecule has 0 saturated carbocycles. The predicted octanol–water partition coefficient (Wildman–Crippen LogP) is 1.18. The van der Waals surface area contributed by atoms with Crippen LogP contribution < -0.4 is 5.32 Å². The second-order valence-electron chi connectivity index (χ2n) is 8.20. The van der Waals surface area contributed by atoms with Gasteiger partial charge in [-0.1, -0.05) is 11.3 Å². The van der Waals surface area contributed by atoms with E-state index in [-0.39, 0.29) is 18.1 Å². The molecule has 2 aromatic heterocycles. The quantitative estimate of drug-likeness (QED) is 0.311. The van der Waals surface area contributed by atoms with Crippen LogP contribution in [0.5, 0.6) is 0 Å². The summed E-state index contributed by atoms with van der Waals surface area (Å²) in [4.78, 5) is 17.8. The Morgan fingerprint density at radius 1 is 1.15 bits per heavy atom. The summed E-state index contributed by atoms with van der Waals surface area (Å²) >= 11 is 1.13. The first-order chi connectivity index (χ1) is 16.2. The number of aromatic nitrogens is 2. The molecule has 1 aliphatic heterocycles. The zero-order chi connectivity index (χ0) is 24.6. The van der Waals surface area contributed by atoms with Crippen LogP contribution in [0, 0.1) is 19.7 Å². The predicted molar refractivity (Wildman–Crippen MR) is 123 cm³/mol. The summed E-state index contributed by atoms with van der Waals surface area (Å²) in [5.41, 5.74) is 2.81. The van der Waals surface area contributed by atoms with Gasteiger partial charge in [-0.05, 0) is 44.2 Å². The SMILES string of the molecule is Cc1cc(C(=O)c2cnc(NC[C@H]3OC(CO)[C@@H](O)C(O)C3O)s2)c(C)n1-c1ccc(F)cc1. The monoisotopic (exact) mass is 491 g/mol. The van der Waals surface area contributed by atoms with E-state index in [1.54, 1.807) is 18.2 Å². The van der Waals surface area contributed by atoms with Crippen LogP contribution in [0.15, 0.2) is 36.5 Å². The van der Waals surface area contributed by atoms with Crippen molar-refractivity contribution in [3.05, 3.63) is 64.2 Å². The number of ether oxygens (including phenoxy) is 1. The number of hydrogen-bond donors (Lipinski definition) is 5. The van der Waals surface area contributed by atoms with Gasteiger partial charge in [-0.25, -0.2) is 9.37 Å². The average Bonchev–Trinajstić information content (AvgIpc) is 3.41. The first-order valence-electron chi connectivity index (χ1n) is 10.7. The van der Waals surface area contributed by atoms with Gasteiger partial charge in [0.05, 0.1) is 17.7 Å². The largest absolute Gasteiger partial charge is 0.394 e. The molecule has 3 aromatic rings. The molecule has 0 bridgehead atoms. The van der Waals surface area contributed by atoms with Gasteiger partial charge in [0.2, 0.25) is 5.78 Å². The third-order valence-corrected chi connectivity index (χ3v) is 6.89. The van der Waals surface area contributed by atoms with E-state index in [0.717, 1.165) is 28.4 Å². The minimum Gasteiger partial charge on any atom is -0.394 e. The third kappa shape index (κ3) is 4.63. The molecule has 3 heterocycles. The fraction of sp³-hybridized carbons (Fsp3) is 0.391. The number of halogens is 1. The topological polar surface area (TPSA) is 137 Å². The Hall–Kier alpha value is -2.67. The number of rotatable bonds is 7. The molecule has 9 nitrogen and oxygen atoms in total. The molecule has 34 heavy (non-hydrogen) atoms. The fourth-order valence-corrected chi connectivity index (χ4v) is 4.89. The van der Waals surface area contributed by atoms with Gasteiger partial charge in [0, 0.05) is 29.2 Å². The van der Waals surface area contributed by atoms with E-state index in [1.165, 1.54) is 18.3 Å². The highest BCUT2D eigenvalue weighted by molar-refractivity contribution is 7.17. The maximum atomic E-state index is 13.3. The molecular formula is C23H26FN3O6S. The summed E-state index contributed by atoms with van der Waals surface area (Å²) in [7, 11) is 0. The number of carbonyl (C=O) groups is 1. The fourth-order valence-electron chi connectivity index (χ4n) is 4.11. The molecular weight excluding hydrogens is 465 g/mol. The van der Waals surface area contributed by atoms with Crippen molar-refractivity contribution in [2.24, 2.45) is 0 Å². The van der Waals surface area contributed by atoms with Crippen molar-refractivity contribution in [3.8, 4) is 5.69 Å². The van der Waals surface area contributed by atoms with Crippen LogP contribution in [0.3, 0.4) is 0 Å². The van der Waals surface area contributed by atoms with Crippen molar-refractivity contribution in [2.45, 2.75) is 44.4 Å². The lowest BCUT2D eigenvalue weighted by molar-refractivity contribution is -0.225. The van der Waals surface area contributed by atoms with Crippen LogP contribution >= 0.6 is 11.3 Å². The van der Waals surface area contributed by atoms with E-state index in [0.29, 0.717) is 15.6 Å². The summed E-state index contributed by atoms with van der Waals surface area (Å²) in [5, 5.41) is 42.6. The van der Waals surface area contributed by atoms with Gasteiger partial charge < -0.3 is 35.0 Å². The van der Waals surface area contributed by atoms with Crippen molar-refractivity contribution in [1.82, 2.24) is 9.55 Å². The summed E-state index contributed by atoms with van der Waals surface area (Å²) < 4.78 is 20.7. The lowest BCUT2D eigenvalue weighted by Crippen LogP contribution is -2.60. The van der Waals surface area contributed by atoms with Gasteiger partial charge >= 0.3 is 0 Å². The zero-order valence-electron chi connectivity index (χ0n) is 18.6. The van der Waals surface area contributed by atoms with Gasteiger partial charge in [-0.15, -0.1) is 0 Å². The minimum atomic E-state index is -1.46. The molecule has 1 aromatic carbocycles. The summed E-state index contributed by atoms with van der Waals surface area (Å²) in [6.07, 6.45) is -4.67. The lowest BCUT2D eigenvalue weighted by Gasteiger charge is -2.40. The number of ketones is 1. The second-order valence-corrected chi connectivity index (χ2v) is 9.23. The number of aliphatic hydroxyl groups excluding tert-OH is 4. The molecule has 0 radical (unpaired) electrons. The van der Waals surface area contributed by atoms with Crippen LogP contribution in [0.4, 0.5) is 9.52 Å². The highest BCUT2D eigenvalue weighted by atomic mass is 32.1. The Bertz CT molecular complexity index is 1160. The molecule has 1 aliphatic rings. The van der Waals surface area contributed by atoms with Crippen LogP contribution in [-0.4, -0.2) is 79.4 Å². The molecule has 4 rings (SSSR count). The average molecular weight is 492 g/mol. The Labute approximate surface area is 199 Å². The minimum absolute atomic E-state index is 0.0433. The number of aliphatic hydroxyl groups is 4. The Balaban J connectivity index is 1.47. The number of nitrogens with one attached hydrogen (secondary N) is 1. The summed E-state index contributed by atoms with van der Waals surface area (Å²) in [6, 6.07) is 7.81. The Morgan fingerprint density at radius 2 is 1.82 bits per heavy atom. The summed E-state index contributed by atoms with van der Waals surface area (Å²) in [5.74, 6) is -0.546. The van der Waals surface area contributed by atoms with Crippen molar-refractivity contribution in [3.63, 3.8) is 0 Å². The molecule has 3 unspecified atom stereocenters. The van der Waals surface area contributed by atoms with Crippen LogP contribution in [-0.2, 0) is 4.74 Å². The maximum Gasteiger partial charge on any atom is 0.206 e.